The lowest BCUT2D eigenvalue weighted by Crippen LogP contribution is -2.51. The van der Waals surface area contributed by atoms with Gasteiger partial charge in [0, 0.05) is 44.4 Å². The normalized spacial score (nSPS) is 15.8. The lowest BCUT2D eigenvalue weighted by atomic mass is 10.0. The highest BCUT2D eigenvalue weighted by atomic mass is 16.2. The maximum Gasteiger partial charge on any atom is 0.239 e. The first kappa shape index (κ1) is 24.9. The monoisotopic (exact) mass is 498 g/mol. The highest BCUT2D eigenvalue weighted by Gasteiger charge is 2.22. The summed E-state index contributed by atoms with van der Waals surface area (Å²) < 4.78 is 1.81. The molecule has 1 saturated heterocycles. The van der Waals surface area contributed by atoms with Crippen LogP contribution in [0.1, 0.15) is 17.5 Å². The predicted molar refractivity (Wildman–Crippen MR) is 146 cm³/mol. The highest BCUT2D eigenvalue weighted by Crippen LogP contribution is 2.30. The third kappa shape index (κ3) is 6.15. The molecular formula is C29H34N6O2. The van der Waals surface area contributed by atoms with Crippen molar-refractivity contribution in [2.45, 2.75) is 19.3 Å². The molecule has 0 unspecified atom stereocenters. The second-order valence-electron chi connectivity index (χ2n) is 9.69. The van der Waals surface area contributed by atoms with Crippen LogP contribution in [0.15, 0.2) is 67.3 Å². The molecule has 1 aliphatic carbocycles. The molecule has 1 aromatic heterocycles. The summed E-state index contributed by atoms with van der Waals surface area (Å²) in [5.41, 5.74) is 5.64. The Hall–Kier alpha value is -3.75. The number of anilines is 1. The molecule has 0 bridgehead atoms. The van der Waals surface area contributed by atoms with Crippen molar-refractivity contribution in [3.8, 4) is 16.9 Å². The second kappa shape index (κ2) is 11.5. The number of piperazine rings is 1. The van der Waals surface area contributed by atoms with Crippen molar-refractivity contribution < 1.29 is 9.59 Å². The van der Waals surface area contributed by atoms with Crippen LogP contribution in [0.25, 0.3) is 16.9 Å². The predicted octanol–water partition coefficient (Wildman–Crippen LogP) is 2.89. The number of nitrogens with zero attached hydrogens (tertiary/aromatic N) is 4. The molecule has 1 fully saturated rings. The largest absolute Gasteiger partial charge is 0.352 e. The third-order valence-corrected chi connectivity index (χ3v) is 7.01. The first-order chi connectivity index (χ1) is 18.1. The van der Waals surface area contributed by atoms with E-state index in [1.807, 2.05) is 36.4 Å². The summed E-state index contributed by atoms with van der Waals surface area (Å²) in [6.45, 7) is 7.74. The molecule has 0 spiro atoms. The number of hydrogen-bond donors (Lipinski definition) is 2. The van der Waals surface area contributed by atoms with Gasteiger partial charge in [-0.05, 0) is 48.6 Å². The van der Waals surface area contributed by atoms with Gasteiger partial charge in [-0.3, -0.25) is 19.4 Å². The SMILES string of the molecule is C=CCNC(=O)CN1CCN(CC(=O)Nc2cc(-c3ccc4c(c3)CCC4)nn2-c2ccccc2)CC1. The highest BCUT2D eigenvalue weighted by molar-refractivity contribution is 5.92. The minimum absolute atomic E-state index is 0.000516. The third-order valence-electron chi connectivity index (χ3n) is 7.01. The quantitative estimate of drug-likeness (QED) is 0.444. The van der Waals surface area contributed by atoms with E-state index in [0.29, 0.717) is 25.5 Å². The van der Waals surface area contributed by atoms with Gasteiger partial charge in [-0.25, -0.2) is 4.68 Å². The van der Waals surface area contributed by atoms with Crippen molar-refractivity contribution in [1.82, 2.24) is 24.9 Å². The molecule has 5 rings (SSSR count). The number of benzene rings is 2. The summed E-state index contributed by atoms with van der Waals surface area (Å²) in [6, 6.07) is 18.4. The molecule has 2 aromatic carbocycles. The van der Waals surface area contributed by atoms with Crippen molar-refractivity contribution in [3.05, 3.63) is 78.4 Å². The van der Waals surface area contributed by atoms with Gasteiger partial charge < -0.3 is 10.6 Å². The van der Waals surface area contributed by atoms with Gasteiger partial charge in [0.1, 0.15) is 5.82 Å². The molecule has 2 aliphatic rings. The molecule has 192 valence electrons. The Bertz CT molecular complexity index is 1260. The lowest BCUT2D eigenvalue weighted by Gasteiger charge is -2.33. The van der Waals surface area contributed by atoms with Gasteiger partial charge in [-0.15, -0.1) is 6.58 Å². The zero-order valence-electron chi connectivity index (χ0n) is 21.2. The van der Waals surface area contributed by atoms with E-state index < -0.39 is 0 Å². The molecule has 8 heteroatoms. The van der Waals surface area contributed by atoms with Gasteiger partial charge in [-0.2, -0.15) is 5.10 Å². The standard InChI is InChI=1S/C29H34N6O2/c1-2-13-30-28(36)20-33-14-16-34(17-15-33)21-29(37)31-27-19-26(32-35(27)25-9-4-3-5-10-25)24-12-11-22-7-6-8-23(22)18-24/h2-5,9-12,18-19H,1,6-8,13-17,20-21H2,(H,30,36)(H,31,37). The fourth-order valence-electron chi connectivity index (χ4n) is 5.04. The number of aryl methyl sites for hydroxylation is 2. The summed E-state index contributed by atoms with van der Waals surface area (Å²) in [5, 5.41) is 10.8. The van der Waals surface area contributed by atoms with E-state index in [2.05, 4.69) is 45.2 Å². The first-order valence-electron chi connectivity index (χ1n) is 13.0. The van der Waals surface area contributed by atoms with E-state index in [1.54, 1.807) is 10.8 Å². The van der Waals surface area contributed by atoms with Gasteiger partial charge in [0.15, 0.2) is 0 Å². The van der Waals surface area contributed by atoms with E-state index in [4.69, 9.17) is 5.10 Å². The van der Waals surface area contributed by atoms with Gasteiger partial charge in [-0.1, -0.05) is 36.4 Å². The Morgan fingerprint density at radius 1 is 0.892 bits per heavy atom. The number of amides is 2. The maximum absolute atomic E-state index is 13.1. The topological polar surface area (TPSA) is 82.5 Å². The van der Waals surface area contributed by atoms with E-state index in [-0.39, 0.29) is 11.8 Å². The molecule has 0 radical (unpaired) electrons. The lowest BCUT2D eigenvalue weighted by molar-refractivity contribution is -0.123. The molecule has 2 amide bonds. The molecule has 3 aromatic rings. The minimum Gasteiger partial charge on any atom is -0.352 e. The summed E-state index contributed by atoms with van der Waals surface area (Å²) >= 11 is 0. The Kier molecular flexibility index (Phi) is 7.77. The van der Waals surface area contributed by atoms with Gasteiger partial charge in [0.25, 0.3) is 0 Å². The zero-order valence-corrected chi connectivity index (χ0v) is 21.2. The van der Waals surface area contributed by atoms with Crippen LogP contribution in [-0.4, -0.2) is 77.2 Å². The van der Waals surface area contributed by atoms with Crippen LogP contribution >= 0.6 is 0 Å². The Balaban J connectivity index is 1.24. The van der Waals surface area contributed by atoms with E-state index in [9.17, 15) is 9.59 Å². The zero-order chi connectivity index (χ0) is 25.6. The van der Waals surface area contributed by atoms with Crippen molar-refractivity contribution in [3.63, 3.8) is 0 Å². The number of para-hydroxylation sites is 1. The van der Waals surface area contributed by atoms with Crippen LogP contribution in [0.4, 0.5) is 5.82 Å². The second-order valence-corrected chi connectivity index (χ2v) is 9.69. The minimum atomic E-state index is -0.0743. The van der Waals surface area contributed by atoms with Crippen molar-refractivity contribution in [2.75, 3.05) is 51.1 Å². The summed E-state index contributed by atoms with van der Waals surface area (Å²) in [7, 11) is 0. The van der Waals surface area contributed by atoms with Gasteiger partial charge in [0.05, 0.1) is 24.5 Å². The molecule has 8 nitrogen and oxygen atoms in total. The number of carbonyl (C=O) groups excluding carboxylic acids is 2. The molecule has 2 N–H and O–H groups in total. The molecule has 37 heavy (non-hydrogen) atoms. The van der Waals surface area contributed by atoms with Crippen LogP contribution in [0.3, 0.4) is 0 Å². The van der Waals surface area contributed by atoms with Crippen LogP contribution in [0.5, 0.6) is 0 Å². The van der Waals surface area contributed by atoms with Crippen molar-refractivity contribution in [2.24, 2.45) is 0 Å². The van der Waals surface area contributed by atoms with E-state index in [1.165, 1.54) is 17.5 Å². The van der Waals surface area contributed by atoms with Crippen LogP contribution in [0, 0.1) is 0 Å². The van der Waals surface area contributed by atoms with Crippen LogP contribution in [-0.2, 0) is 22.4 Å². The average Bonchev–Trinajstić information content (AvgIpc) is 3.56. The Labute approximate surface area is 218 Å². The molecule has 2 heterocycles. The number of rotatable bonds is 9. The number of fused-ring (bicyclic) bond motifs is 1. The molecule has 1 aliphatic heterocycles. The van der Waals surface area contributed by atoms with Gasteiger partial charge >= 0.3 is 0 Å². The van der Waals surface area contributed by atoms with E-state index in [0.717, 1.165) is 56.0 Å². The fourth-order valence-corrected chi connectivity index (χ4v) is 5.04. The van der Waals surface area contributed by atoms with E-state index >= 15 is 0 Å². The number of hydrogen-bond acceptors (Lipinski definition) is 5. The summed E-state index contributed by atoms with van der Waals surface area (Å²) in [4.78, 5) is 29.2. The summed E-state index contributed by atoms with van der Waals surface area (Å²) in [6.07, 6.45) is 5.13. The maximum atomic E-state index is 13.1. The molecule has 0 atom stereocenters. The van der Waals surface area contributed by atoms with Crippen LogP contribution < -0.4 is 10.6 Å². The Morgan fingerprint density at radius 2 is 1.59 bits per heavy atom. The van der Waals surface area contributed by atoms with Crippen molar-refractivity contribution in [1.29, 1.82) is 0 Å². The number of aromatic nitrogens is 2. The summed E-state index contributed by atoms with van der Waals surface area (Å²) in [5.74, 6) is 0.582. The number of carbonyl (C=O) groups is 2. The fraction of sp³-hybridized carbons (Fsp3) is 0.345. The Morgan fingerprint density at radius 3 is 2.32 bits per heavy atom. The van der Waals surface area contributed by atoms with Gasteiger partial charge in [0.2, 0.25) is 11.8 Å². The van der Waals surface area contributed by atoms with Crippen LogP contribution in [0.2, 0.25) is 0 Å². The smallest absolute Gasteiger partial charge is 0.239 e. The molecule has 0 saturated carbocycles. The average molecular weight is 499 g/mol. The van der Waals surface area contributed by atoms with Crippen molar-refractivity contribution >= 4 is 17.6 Å². The molecular weight excluding hydrogens is 464 g/mol. The number of nitrogens with one attached hydrogen (secondary N) is 2. The first-order valence-corrected chi connectivity index (χ1v) is 13.0.